The summed E-state index contributed by atoms with van der Waals surface area (Å²) in [5.41, 5.74) is 7.64. The summed E-state index contributed by atoms with van der Waals surface area (Å²) in [4.78, 5) is 0. The zero-order chi connectivity index (χ0) is 15.5. The van der Waals surface area contributed by atoms with Gasteiger partial charge in [-0.25, -0.2) is 0 Å². The molecule has 114 valence electrons. The van der Waals surface area contributed by atoms with E-state index in [1.165, 1.54) is 0 Å². The normalized spacial score (nSPS) is 14.8. The molecule has 20 heavy (non-hydrogen) atoms. The summed E-state index contributed by atoms with van der Waals surface area (Å²) in [6.45, 7) is 8.97. The minimum atomic E-state index is -0.0543. The Morgan fingerprint density at radius 2 is 1.80 bits per heavy atom. The molecule has 1 rings (SSSR count). The third-order valence-electron chi connectivity index (χ3n) is 4.00. The molecule has 0 bridgehead atoms. The van der Waals surface area contributed by atoms with Crippen molar-refractivity contribution in [3.8, 4) is 11.5 Å². The van der Waals surface area contributed by atoms with Crippen LogP contribution in [-0.4, -0.2) is 14.2 Å². The molecule has 0 aliphatic rings. The van der Waals surface area contributed by atoms with Crippen LogP contribution in [0.15, 0.2) is 16.6 Å². The number of methoxy groups -OCH3 is 2. The van der Waals surface area contributed by atoms with E-state index in [-0.39, 0.29) is 11.5 Å². The second kappa shape index (κ2) is 6.81. The molecule has 0 amide bonds. The van der Waals surface area contributed by atoms with Crippen LogP contribution >= 0.6 is 15.9 Å². The van der Waals surface area contributed by atoms with Gasteiger partial charge in [0.1, 0.15) is 16.0 Å². The summed E-state index contributed by atoms with van der Waals surface area (Å²) in [6.07, 6.45) is 0.915. The molecule has 2 atom stereocenters. The van der Waals surface area contributed by atoms with Crippen molar-refractivity contribution in [1.82, 2.24) is 0 Å². The fraction of sp³-hybridized carbons (Fsp3) is 0.625. The molecule has 2 unspecified atom stereocenters. The van der Waals surface area contributed by atoms with Crippen LogP contribution in [0.3, 0.4) is 0 Å². The van der Waals surface area contributed by atoms with Crippen molar-refractivity contribution in [3.63, 3.8) is 0 Å². The monoisotopic (exact) mass is 343 g/mol. The molecule has 4 heteroatoms. The van der Waals surface area contributed by atoms with E-state index in [0.29, 0.717) is 5.92 Å². The summed E-state index contributed by atoms with van der Waals surface area (Å²) in [7, 11) is 3.30. The Balaban J connectivity index is 3.04. The highest BCUT2D eigenvalue weighted by atomic mass is 79.9. The van der Waals surface area contributed by atoms with Crippen LogP contribution in [0.1, 0.15) is 45.7 Å². The van der Waals surface area contributed by atoms with E-state index in [1.54, 1.807) is 14.2 Å². The molecule has 0 aromatic heterocycles. The van der Waals surface area contributed by atoms with Gasteiger partial charge in [-0.2, -0.15) is 0 Å². The first-order chi connectivity index (χ1) is 9.22. The van der Waals surface area contributed by atoms with Crippen LogP contribution in [-0.2, 0) is 0 Å². The fourth-order valence-corrected chi connectivity index (χ4v) is 2.76. The molecule has 0 saturated carbocycles. The van der Waals surface area contributed by atoms with Gasteiger partial charge in [0, 0.05) is 11.6 Å². The Bertz CT molecular complexity index is 455. The molecule has 0 fully saturated rings. The van der Waals surface area contributed by atoms with Crippen LogP contribution in [0.5, 0.6) is 11.5 Å². The molecule has 0 radical (unpaired) electrons. The Labute approximate surface area is 131 Å². The standard InChI is InChI=1S/C16H26BrNO2/c1-10(16(2,3)4)9-12(18)11-7-8-13(19-5)14(17)15(11)20-6/h7-8,10,12H,9,18H2,1-6H3. The zero-order valence-corrected chi connectivity index (χ0v) is 14.9. The van der Waals surface area contributed by atoms with Crippen LogP contribution in [0, 0.1) is 11.3 Å². The first-order valence-electron chi connectivity index (χ1n) is 6.88. The lowest BCUT2D eigenvalue weighted by atomic mass is 9.77. The van der Waals surface area contributed by atoms with Gasteiger partial charge in [0.15, 0.2) is 0 Å². The molecule has 1 aromatic rings. The number of ether oxygens (including phenoxy) is 2. The van der Waals surface area contributed by atoms with Crippen molar-refractivity contribution in [2.45, 2.75) is 40.2 Å². The Kier molecular flexibility index (Phi) is 5.90. The van der Waals surface area contributed by atoms with Crippen molar-refractivity contribution in [3.05, 3.63) is 22.2 Å². The lowest BCUT2D eigenvalue weighted by Gasteiger charge is -2.30. The van der Waals surface area contributed by atoms with Gasteiger partial charge in [0.25, 0.3) is 0 Å². The minimum Gasteiger partial charge on any atom is -0.495 e. The first kappa shape index (κ1) is 17.3. The highest BCUT2D eigenvalue weighted by molar-refractivity contribution is 9.10. The number of nitrogens with two attached hydrogens (primary N) is 1. The van der Waals surface area contributed by atoms with Gasteiger partial charge in [0.05, 0.1) is 14.2 Å². The third-order valence-corrected chi connectivity index (χ3v) is 4.75. The lowest BCUT2D eigenvalue weighted by Crippen LogP contribution is -2.23. The van der Waals surface area contributed by atoms with Crippen LogP contribution in [0.25, 0.3) is 0 Å². The molecule has 2 N–H and O–H groups in total. The van der Waals surface area contributed by atoms with Crippen molar-refractivity contribution in [2.24, 2.45) is 17.1 Å². The van der Waals surface area contributed by atoms with E-state index < -0.39 is 0 Å². The molecule has 3 nitrogen and oxygen atoms in total. The molecule has 0 saturated heterocycles. The number of rotatable bonds is 5. The fourth-order valence-electron chi connectivity index (χ4n) is 2.07. The van der Waals surface area contributed by atoms with E-state index >= 15 is 0 Å². The molecule has 0 spiro atoms. The number of halogens is 1. The summed E-state index contributed by atoms with van der Waals surface area (Å²) in [5.74, 6) is 2.03. The highest BCUT2D eigenvalue weighted by Gasteiger charge is 2.25. The lowest BCUT2D eigenvalue weighted by molar-refractivity contribution is 0.232. The van der Waals surface area contributed by atoms with Crippen molar-refractivity contribution >= 4 is 15.9 Å². The predicted molar refractivity (Wildman–Crippen MR) is 87.4 cm³/mol. The molecular formula is C16H26BrNO2. The number of hydrogen-bond acceptors (Lipinski definition) is 3. The van der Waals surface area contributed by atoms with Crippen LogP contribution in [0.2, 0.25) is 0 Å². The summed E-state index contributed by atoms with van der Waals surface area (Å²) in [5, 5.41) is 0. The molecule has 0 aliphatic carbocycles. The number of benzene rings is 1. The van der Waals surface area contributed by atoms with Gasteiger partial charge in [-0.05, 0) is 45.8 Å². The van der Waals surface area contributed by atoms with Crippen LogP contribution < -0.4 is 15.2 Å². The molecular weight excluding hydrogens is 318 g/mol. The Hall–Kier alpha value is -0.740. The van der Waals surface area contributed by atoms with Crippen LogP contribution in [0.4, 0.5) is 0 Å². The molecule has 0 aliphatic heterocycles. The van der Waals surface area contributed by atoms with Gasteiger partial charge >= 0.3 is 0 Å². The Morgan fingerprint density at radius 3 is 2.25 bits per heavy atom. The maximum absolute atomic E-state index is 6.39. The van der Waals surface area contributed by atoms with Gasteiger partial charge in [-0.3, -0.25) is 0 Å². The smallest absolute Gasteiger partial charge is 0.141 e. The van der Waals surface area contributed by atoms with E-state index in [4.69, 9.17) is 15.2 Å². The van der Waals surface area contributed by atoms with Gasteiger partial charge in [-0.1, -0.05) is 27.7 Å². The van der Waals surface area contributed by atoms with E-state index in [1.807, 2.05) is 12.1 Å². The van der Waals surface area contributed by atoms with Gasteiger partial charge in [-0.15, -0.1) is 0 Å². The summed E-state index contributed by atoms with van der Waals surface area (Å²) in [6, 6.07) is 3.85. The maximum atomic E-state index is 6.39. The minimum absolute atomic E-state index is 0.0543. The van der Waals surface area contributed by atoms with E-state index in [2.05, 4.69) is 43.6 Å². The summed E-state index contributed by atoms with van der Waals surface area (Å²) < 4.78 is 11.6. The third kappa shape index (κ3) is 3.89. The average molecular weight is 344 g/mol. The summed E-state index contributed by atoms with van der Waals surface area (Å²) >= 11 is 3.52. The predicted octanol–water partition coefficient (Wildman–Crippen LogP) is 4.54. The second-order valence-electron chi connectivity index (χ2n) is 6.31. The average Bonchev–Trinajstić information content (AvgIpc) is 2.36. The van der Waals surface area contributed by atoms with Crippen molar-refractivity contribution < 1.29 is 9.47 Å². The SMILES string of the molecule is COc1ccc(C(N)CC(C)C(C)(C)C)c(OC)c1Br. The van der Waals surface area contributed by atoms with Gasteiger partial charge < -0.3 is 15.2 Å². The first-order valence-corrected chi connectivity index (χ1v) is 7.67. The molecule has 0 heterocycles. The maximum Gasteiger partial charge on any atom is 0.141 e. The molecule has 1 aromatic carbocycles. The van der Waals surface area contributed by atoms with E-state index in [9.17, 15) is 0 Å². The van der Waals surface area contributed by atoms with Crippen molar-refractivity contribution in [2.75, 3.05) is 14.2 Å². The largest absolute Gasteiger partial charge is 0.495 e. The van der Waals surface area contributed by atoms with Crippen molar-refractivity contribution in [1.29, 1.82) is 0 Å². The zero-order valence-electron chi connectivity index (χ0n) is 13.3. The second-order valence-corrected chi connectivity index (χ2v) is 7.11. The topological polar surface area (TPSA) is 44.5 Å². The number of hydrogen-bond donors (Lipinski definition) is 1. The highest BCUT2D eigenvalue weighted by Crippen LogP contribution is 2.41. The Morgan fingerprint density at radius 1 is 1.20 bits per heavy atom. The quantitative estimate of drug-likeness (QED) is 0.853. The van der Waals surface area contributed by atoms with Gasteiger partial charge in [0.2, 0.25) is 0 Å². The van der Waals surface area contributed by atoms with E-state index in [0.717, 1.165) is 28.0 Å².